The Balaban J connectivity index is 1.34. The van der Waals surface area contributed by atoms with Crippen LogP contribution < -0.4 is 52.4 Å². The Labute approximate surface area is 458 Å². The average Bonchev–Trinajstić information content (AvgIpc) is 3.47. The second kappa shape index (κ2) is 23.1. The summed E-state index contributed by atoms with van der Waals surface area (Å²) in [7, 11) is 1.51. The van der Waals surface area contributed by atoms with Crippen molar-refractivity contribution in [3.05, 3.63) is 123 Å². The van der Waals surface area contributed by atoms with Gasteiger partial charge in [0.15, 0.2) is 6.04 Å². The number of hydrogen-bond donors (Lipinski definition) is 14. The molecular formula is C53H52Cl2N8O16. The minimum Gasteiger partial charge on any atom is -0.508 e. The molecule has 0 aromatic heterocycles. The van der Waals surface area contributed by atoms with Crippen LogP contribution in [-0.4, -0.2) is 109 Å². The molecule has 79 heavy (non-hydrogen) atoms. The summed E-state index contributed by atoms with van der Waals surface area (Å²) >= 11 is 13.5. The van der Waals surface area contributed by atoms with Gasteiger partial charge in [0.2, 0.25) is 41.4 Å². The quantitative estimate of drug-likeness (QED) is 0.106. The van der Waals surface area contributed by atoms with Crippen molar-refractivity contribution in [1.29, 1.82) is 0 Å². The van der Waals surface area contributed by atoms with E-state index in [1.807, 2.05) is 13.8 Å². The number of aliphatic hydroxyl groups is 2. The molecule has 5 aliphatic rings. The van der Waals surface area contributed by atoms with E-state index in [1.165, 1.54) is 61.6 Å². The van der Waals surface area contributed by atoms with Crippen molar-refractivity contribution in [2.75, 3.05) is 7.05 Å². The number of carboxylic acid groups (broad SMARTS) is 1. The molecule has 26 heteroatoms. The van der Waals surface area contributed by atoms with Crippen LogP contribution in [0, 0.1) is 5.92 Å². The number of carboxylic acids is 1. The number of halogens is 2. The van der Waals surface area contributed by atoms with E-state index >= 15 is 4.79 Å². The summed E-state index contributed by atoms with van der Waals surface area (Å²) in [6.45, 7) is 3.71. The first-order chi connectivity index (χ1) is 37.4. The SMILES string of the molecule is CN[C@H](CC(C)C)C(=O)N[C@H]1C(=O)N[C@@H](CC(N)=O)C(=O)N[C@H]2C(=O)N[C@H]3C(=O)N[C@H](C(=O)N[C@H](C(=O)O)c4cc(O)cc(O)c4-c4cc3ccc4O)[C@H](O)c3ccc(c(Cl)c3)Oc3cc(cc2c3)Oc2ccc(cc2Cl)[C@H]1O. The van der Waals surface area contributed by atoms with Crippen molar-refractivity contribution in [1.82, 2.24) is 37.2 Å². The molecule has 414 valence electrons. The Bertz CT molecular complexity index is 3320. The summed E-state index contributed by atoms with van der Waals surface area (Å²) in [6, 6.07) is 3.28. The molecule has 0 spiro atoms. The van der Waals surface area contributed by atoms with Gasteiger partial charge in [-0.2, -0.15) is 0 Å². The molecule has 5 heterocycles. The van der Waals surface area contributed by atoms with Crippen molar-refractivity contribution >= 4 is 70.5 Å². The molecule has 0 saturated heterocycles. The van der Waals surface area contributed by atoms with Gasteiger partial charge in [0.1, 0.15) is 82.7 Å². The van der Waals surface area contributed by atoms with Gasteiger partial charge in [0.05, 0.1) is 22.5 Å². The van der Waals surface area contributed by atoms with E-state index in [2.05, 4.69) is 37.2 Å². The zero-order valence-electron chi connectivity index (χ0n) is 41.9. The lowest BCUT2D eigenvalue weighted by molar-refractivity contribution is -0.143. The molecule has 15 N–H and O–H groups in total. The van der Waals surface area contributed by atoms with E-state index in [1.54, 1.807) is 0 Å². The highest BCUT2D eigenvalue weighted by atomic mass is 35.5. The van der Waals surface area contributed by atoms with Crippen LogP contribution in [-0.2, 0) is 38.4 Å². The number of phenolic OH excluding ortho intramolecular Hbond substituents is 3. The fourth-order valence-electron chi connectivity index (χ4n) is 9.31. The monoisotopic (exact) mass is 1130 g/mol. The van der Waals surface area contributed by atoms with E-state index in [0.717, 1.165) is 30.3 Å². The van der Waals surface area contributed by atoms with Crippen LogP contribution in [0.15, 0.2) is 84.9 Å². The maximum atomic E-state index is 15.3. The Morgan fingerprint density at radius 3 is 1.82 bits per heavy atom. The normalized spacial score (nSPS) is 22.6. The molecule has 0 fully saturated rings. The number of rotatable bonds is 8. The fourth-order valence-corrected chi connectivity index (χ4v) is 9.77. The maximum Gasteiger partial charge on any atom is 0.330 e. The van der Waals surface area contributed by atoms with Crippen LogP contribution >= 0.6 is 23.2 Å². The van der Waals surface area contributed by atoms with E-state index in [9.17, 15) is 64.2 Å². The third kappa shape index (κ3) is 12.2. The lowest BCUT2D eigenvalue weighted by atomic mass is 9.89. The van der Waals surface area contributed by atoms with E-state index in [4.69, 9.17) is 38.4 Å². The number of ether oxygens (including phenoxy) is 2. The van der Waals surface area contributed by atoms with Gasteiger partial charge in [0, 0.05) is 28.8 Å². The number of primary amides is 1. The molecule has 0 saturated carbocycles. The van der Waals surface area contributed by atoms with Crippen LogP contribution in [0.4, 0.5) is 0 Å². The van der Waals surface area contributed by atoms with Crippen LogP contribution in [0.25, 0.3) is 11.1 Å². The molecule has 0 unspecified atom stereocenters. The number of amides is 7. The number of aliphatic carboxylic acids is 1. The molecule has 5 aromatic carbocycles. The van der Waals surface area contributed by atoms with Crippen LogP contribution in [0.1, 0.15) is 84.8 Å². The van der Waals surface area contributed by atoms with Crippen LogP contribution in [0.2, 0.25) is 10.0 Å². The molecule has 5 aliphatic heterocycles. The summed E-state index contributed by atoms with van der Waals surface area (Å²) < 4.78 is 12.5. The molecular weight excluding hydrogens is 1080 g/mol. The molecule has 9 atom stereocenters. The number of aliphatic hydroxyl groups excluding tert-OH is 2. The van der Waals surface area contributed by atoms with Gasteiger partial charge in [0.25, 0.3) is 0 Å². The molecule has 11 bridgehead atoms. The number of hydrogen-bond acceptors (Lipinski definition) is 16. The molecule has 10 rings (SSSR count). The van der Waals surface area contributed by atoms with Gasteiger partial charge >= 0.3 is 5.97 Å². The first-order valence-electron chi connectivity index (χ1n) is 24.3. The minimum atomic E-state index is -2.15. The molecule has 24 nitrogen and oxygen atoms in total. The van der Waals surface area contributed by atoms with Crippen molar-refractivity contribution in [3.8, 4) is 51.4 Å². The number of benzene rings is 5. The fraction of sp³-hybridized carbons (Fsp3) is 0.283. The summed E-state index contributed by atoms with van der Waals surface area (Å²) in [5.74, 6) is -12.7. The Morgan fingerprint density at radius 1 is 0.658 bits per heavy atom. The predicted octanol–water partition coefficient (Wildman–Crippen LogP) is 2.69. The number of carbonyl (C=O) groups excluding carboxylic acids is 7. The number of likely N-dealkylation sites (N-methyl/N-ethyl adjacent to an activating group) is 1. The van der Waals surface area contributed by atoms with Crippen molar-refractivity contribution in [2.24, 2.45) is 11.7 Å². The lowest BCUT2D eigenvalue weighted by Crippen LogP contribution is -2.59. The zero-order chi connectivity index (χ0) is 57.3. The number of phenols is 3. The molecule has 0 radical (unpaired) electrons. The van der Waals surface area contributed by atoms with Crippen LogP contribution in [0.3, 0.4) is 0 Å². The van der Waals surface area contributed by atoms with E-state index < -0.39 is 137 Å². The Hall–Kier alpha value is -8.68. The average molecular weight is 1130 g/mol. The van der Waals surface area contributed by atoms with E-state index in [0.29, 0.717) is 0 Å². The Kier molecular flexibility index (Phi) is 16.5. The first kappa shape index (κ1) is 56.5. The van der Waals surface area contributed by atoms with Crippen molar-refractivity contribution < 1.29 is 78.5 Å². The molecule has 0 aliphatic carbocycles. The second-order valence-electron chi connectivity index (χ2n) is 19.3. The number of aromatic hydroxyl groups is 3. The first-order valence-corrected chi connectivity index (χ1v) is 25.0. The van der Waals surface area contributed by atoms with Crippen molar-refractivity contribution in [2.45, 2.75) is 81.2 Å². The van der Waals surface area contributed by atoms with Gasteiger partial charge < -0.3 is 83.1 Å². The van der Waals surface area contributed by atoms with Gasteiger partial charge in [-0.05, 0) is 96.2 Å². The standard InChI is InChI=1S/C53H52Cl2N8O16/c1-20(2)10-32(57-3)47(70)62-43-45(68)22-5-8-36(30(54)14-22)78-26-11-24-12-27(18-26)79-37-9-6-23(15-31(37)55)46(69)44-52(75)61-42(53(76)77)29-16-25(64)17-35(66)39(29)28-13-21(4-7-34(28)65)40(49(72)63-44)60-50(73)41(24)59-48(71)33(19-38(56)67)58-51(43)74/h4-9,11-18,20,32-33,40-46,57,64-66,68-69H,10,19H2,1-3H3,(H2,56,67)(H,58,74)(H,59,71)(H,60,73)(H,61,75)(H,62,70)(H,63,72)(H,76,77)/t32-,33+,40-,41-,42+,43-,44+,45-,46-/m1/s1. The zero-order valence-corrected chi connectivity index (χ0v) is 43.4. The molecule has 7 amide bonds. The summed E-state index contributed by atoms with van der Waals surface area (Å²) in [6.07, 6.45) is -4.60. The summed E-state index contributed by atoms with van der Waals surface area (Å²) in [4.78, 5) is 113. The number of fused-ring (bicyclic) bond motifs is 15. The minimum absolute atomic E-state index is 0.00948. The van der Waals surface area contributed by atoms with E-state index in [-0.39, 0.29) is 73.2 Å². The predicted molar refractivity (Wildman–Crippen MR) is 278 cm³/mol. The highest BCUT2D eigenvalue weighted by Crippen LogP contribution is 2.45. The highest BCUT2D eigenvalue weighted by Gasteiger charge is 2.41. The van der Waals surface area contributed by atoms with Gasteiger partial charge in [-0.25, -0.2) is 4.79 Å². The van der Waals surface area contributed by atoms with Crippen LogP contribution in [0.5, 0.6) is 40.2 Å². The number of carbonyl (C=O) groups is 8. The third-order valence-corrected chi connectivity index (χ3v) is 13.8. The lowest BCUT2D eigenvalue weighted by Gasteiger charge is -2.31. The van der Waals surface area contributed by atoms with Gasteiger partial charge in [-0.1, -0.05) is 55.2 Å². The number of nitrogens with two attached hydrogens (primary N) is 1. The summed E-state index contributed by atoms with van der Waals surface area (Å²) in [5, 5.41) is 84.6. The second-order valence-corrected chi connectivity index (χ2v) is 20.1. The van der Waals surface area contributed by atoms with Gasteiger partial charge in [-0.15, -0.1) is 0 Å². The third-order valence-electron chi connectivity index (χ3n) is 13.2. The summed E-state index contributed by atoms with van der Waals surface area (Å²) in [5.41, 5.74) is 3.70. The number of nitrogens with one attached hydrogen (secondary N) is 7. The maximum absolute atomic E-state index is 15.3. The van der Waals surface area contributed by atoms with Crippen molar-refractivity contribution in [3.63, 3.8) is 0 Å². The largest absolute Gasteiger partial charge is 0.508 e. The molecule has 5 aromatic rings. The topological polar surface area (TPSA) is 387 Å². The van der Waals surface area contributed by atoms with Gasteiger partial charge in [-0.3, -0.25) is 33.6 Å². The smallest absolute Gasteiger partial charge is 0.330 e. The highest BCUT2D eigenvalue weighted by molar-refractivity contribution is 6.32. The Morgan fingerprint density at radius 2 is 1.24 bits per heavy atom.